The maximum Gasteiger partial charge on any atom is 0.287 e. The van der Waals surface area contributed by atoms with Gasteiger partial charge >= 0.3 is 0 Å². The number of anilines is 1. The summed E-state index contributed by atoms with van der Waals surface area (Å²) in [7, 11) is 2.90. The van der Waals surface area contributed by atoms with Crippen LogP contribution in [0.1, 0.15) is 64.0 Å². The van der Waals surface area contributed by atoms with Crippen molar-refractivity contribution < 1.29 is 29.7 Å². The molecule has 0 radical (unpaired) electrons. The number of hydrogen-bond donors (Lipinski definition) is 6. The van der Waals surface area contributed by atoms with Gasteiger partial charge in [0.2, 0.25) is 17.6 Å². The molecule has 3 aliphatic rings. The molecule has 14 nitrogen and oxygen atoms in total. The summed E-state index contributed by atoms with van der Waals surface area (Å²) < 4.78 is 1.23. The average molecular weight is 607 g/mol. The van der Waals surface area contributed by atoms with Crippen LogP contribution in [0.25, 0.3) is 0 Å². The first-order valence-electron chi connectivity index (χ1n) is 14.9. The van der Waals surface area contributed by atoms with Gasteiger partial charge in [0.25, 0.3) is 17.4 Å². The van der Waals surface area contributed by atoms with Crippen molar-refractivity contribution in [1.82, 2.24) is 36.5 Å². The van der Waals surface area contributed by atoms with Crippen LogP contribution < -0.4 is 37.8 Å². The van der Waals surface area contributed by atoms with E-state index in [1.807, 2.05) is 0 Å². The molecule has 4 rings (SSSR count). The Morgan fingerprint density at radius 2 is 1.95 bits per heavy atom. The summed E-state index contributed by atoms with van der Waals surface area (Å²) in [6.07, 6.45) is 9.17. The smallest absolute Gasteiger partial charge is 0.287 e. The van der Waals surface area contributed by atoms with Crippen molar-refractivity contribution in [2.45, 2.75) is 76.9 Å². The zero-order valence-electron chi connectivity index (χ0n) is 24.9. The van der Waals surface area contributed by atoms with Crippen molar-refractivity contribution in [3.8, 4) is 0 Å². The number of fused-ring (bicyclic) bond motifs is 2. The number of aromatic nitrogens is 1. The molecule has 5 atom stereocenters. The summed E-state index contributed by atoms with van der Waals surface area (Å²) in [6, 6.07) is 1.79. The van der Waals surface area contributed by atoms with Crippen molar-refractivity contribution in [1.29, 1.82) is 0 Å². The van der Waals surface area contributed by atoms with E-state index in [9.17, 15) is 28.8 Å². The molecule has 4 unspecified atom stereocenters. The Labute approximate surface area is 256 Å². The van der Waals surface area contributed by atoms with Crippen molar-refractivity contribution >= 4 is 35.1 Å². The van der Waals surface area contributed by atoms with Crippen molar-refractivity contribution in [3.63, 3.8) is 0 Å². The van der Waals surface area contributed by atoms with E-state index >= 15 is 0 Å². The molecule has 2 heterocycles. The standard InChI is InChI=1S/C29H42N8O6.4H2/c1-4-18-13-17-7-5-8-19(14-17)25(18)34-24(39)16-37-12-6-9-21(29(37)43)33-26(40)20(10-11-23(38)28(42)30-2)32-27(41)22-15-31-35-36(22)3;;;;/h6,9,12,15,17-20,25,31,35H,4-5,7-8,10-11,13-14,16H2,1-3H3,(H,30,42)(H,32,41)(H,33,40)(H,34,39);4*1H/t17?,18?,19?,20-,25?;;;;/m0..../s1. The SMILES string of the molecule is CCC1CC2CCCC(C2)C1NC(=O)Cn1cccc(NC(=O)[C@H](CCC(=O)C(=O)NC)NC(=O)C2=CNNN2C)c1=O.[HH].[HH].[HH].[HH]. The zero-order valence-corrected chi connectivity index (χ0v) is 24.9. The topological polar surface area (TPSA) is 183 Å². The average Bonchev–Trinajstić information content (AvgIpc) is 3.43. The maximum absolute atomic E-state index is 13.3. The van der Waals surface area contributed by atoms with Gasteiger partial charge in [0.1, 0.15) is 24.0 Å². The normalized spacial score (nSPS) is 23.3. The number of carbonyl (C=O) groups excluding carboxylic acids is 5. The maximum atomic E-state index is 13.3. The summed E-state index contributed by atoms with van der Waals surface area (Å²) in [5.41, 5.74) is 4.84. The Morgan fingerprint density at radius 1 is 1.16 bits per heavy atom. The Hall–Kier alpha value is -4.20. The molecule has 1 aromatic rings. The van der Waals surface area contributed by atoms with Gasteiger partial charge in [-0.1, -0.05) is 26.2 Å². The first-order valence-corrected chi connectivity index (χ1v) is 14.9. The Balaban J connectivity index is 0.00000529. The highest BCUT2D eigenvalue weighted by Crippen LogP contribution is 2.43. The number of rotatable bonds is 12. The van der Waals surface area contributed by atoms with E-state index in [0.717, 1.165) is 31.6 Å². The number of nitrogens with one attached hydrogen (secondary N) is 6. The van der Waals surface area contributed by atoms with Crippen LogP contribution in [-0.4, -0.2) is 65.2 Å². The number of amides is 4. The fourth-order valence-electron chi connectivity index (χ4n) is 6.45. The minimum atomic E-state index is -1.25. The molecule has 1 aliphatic heterocycles. The summed E-state index contributed by atoms with van der Waals surface area (Å²) in [5.74, 6) is -1.59. The van der Waals surface area contributed by atoms with Crippen molar-refractivity contribution in [3.05, 3.63) is 40.6 Å². The van der Waals surface area contributed by atoms with Crippen LogP contribution in [0.15, 0.2) is 35.0 Å². The van der Waals surface area contributed by atoms with Crippen LogP contribution in [0.2, 0.25) is 0 Å². The molecule has 6 N–H and O–H groups in total. The van der Waals surface area contributed by atoms with Crippen LogP contribution >= 0.6 is 0 Å². The van der Waals surface area contributed by atoms with E-state index in [2.05, 4.69) is 39.2 Å². The van der Waals surface area contributed by atoms with E-state index in [1.165, 1.54) is 47.9 Å². The molecular formula is C29H50N8O6. The number of hydrogen-bond acceptors (Lipinski definition) is 9. The van der Waals surface area contributed by atoms with Gasteiger partial charge in [-0.15, -0.1) is 5.53 Å². The first kappa shape index (κ1) is 31.7. The van der Waals surface area contributed by atoms with Crippen molar-refractivity contribution in [2.75, 3.05) is 19.4 Å². The summed E-state index contributed by atoms with van der Waals surface area (Å²) >= 11 is 0. The quantitative estimate of drug-likeness (QED) is 0.188. The van der Waals surface area contributed by atoms with Crippen LogP contribution in [0.3, 0.4) is 0 Å². The lowest BCUT2D eigenvalue weighted by Crippen LogP contribution is -2.51. The molecular weight excluding hydrogens is 556 g/mol. The van der Waals surface area contributed by atoms with Gasteiger partial charge in [0.05, 0.1) is 0 Å². The predicted molar refractivity (Wildman–Crippen MR) is 166 cm³/mol. The highest BCUT2D eigenvalue weighted by Gasteiger charge is 2.39. The molecule has 242 valence electrons. The molecule has 14 heteroatoms. The Morgan fingerprint density at radius 3 is 2.65 bits per heavy atom. The Bertz CT molecular complexity index is 1340. The molecule has 4 amide bonds. The third-order valence-electron chi connectivity index (χ3n) is 8.72. The largest absolute Gasteiger partial charge is 0.353 e. The van der Waals surface area contributed by atoms with Gasteiger partial charge in [0, 0.05) is 44.7 Å². The van der Waals surface area contributed by atoms with Crippen LogP contribution in [0.5, 0.6) is 0 Å². The van der Waals surface area contributed by atoms with Crippen molar-refractivity contribution in [2.24, 2.45) is 17.8 Å². The van der Waals surface area contributed by atoms with Gasteiger partial charge < -0.3 is 31.3 Å². The molecule has 2 aliphatic carbocycles. The first-order chi connectivity index (χ1) is 20.6. The molecule has 43 heavy (non-hydrogen) atoms. The lowest BCUT2D eigenvalue weighted by Gasteiger charge is -2.45. The molecule has 2 bridgehead atoms. The number of pyridine rings is 1. The lowest BCUT2D eigenvalue weighted by molar-refractivity contribution is -0.137. The van der Waals surface area contributed by atoms with Crippen LogP contribution in [0.4, 0.5) is 5.69 Å². The van der Waals surface area contributed by atoms with Gasteiger partial charge in [0.15, 0.2) is 0 Å². The number of Topliss-reactive ketones (excluding diaryl/α,β-unsaturated/α-hetero) is 1. The van der Waals surface area contributed by atoms with E-state index in [-0.39, 0.29) is 48.4 Å². The van der Waals surface area contributed by atoms with E-state index in [0.29, 0.717) is 11.8 Å². The number of hydrazine groups is 2. The zero-order chi connectivity index (χ0) is 31.1. The van der Waals surface area contributed by atoms with E-state index in [1.54, 1.807) is 13.1 Å². The summed E-state index contributed by atoms with van der Waals surface area (Å²) in [5, 5.41) is 11.9. The number of likely N-dealkylation sites (N-methyl/N-ethyl adjacent to an activating group) is 2. The molecule has 1 aromatic heterocycles. The minimum absolute atomic E-state index is 0. The molecule has 0 saturated heterocycles. The second-order valence-electron chi connectivity index (χ2n) is 11.5. The third-order valence-corrected chi connectivity index (χ3v) is 8.72. The van der Waals surface area contributed by atoms with Gasteiger partial charge in [-0.2, -0.15) is 0 Å². The number of nitrogens with zero attached hydrogens (tertiary/aromatic N) is 2. The predicted octanol–water partition coefficient (Wildman–Crippen LogP) is 0.868. The number of carbonyl (C=O) groups is 5. The van der Waals surface area contributed by atoms with E-state index in [4.69, 9.17) is 0 Å². The fraction of sp³-hybridized carbons (Fsp3) is 0.586. The number of ketones is 1. The van der Waals surface area contributed by atoms with Gasteiger partial charge in [-0.25, -0.2) is 0 Å². The van der Waals surface area contributed by atoms with Crippen LogP contribution in [-0.2, 0) is 30.5 Å². The van der Waals surface area contributed by atoms with Crippen LogP contribution in [0, 0.1) is 17.8 Å². The molecule has 2 fully saturated rings. The highest BCUT2D eigenvalue weighted by atomic mass is 16.2. The highest BCUT2D eigenvalue weighted by molar-refractivity contribution is 6.36. The second kappa shape index (κ2) is 14.3. The molecule has 2 saturated carbocycles. The second-order valence-corrected chi connectivity index (χ2v) is 11.5. The summed E-state index contributed by atoms with van der Waals surface area (Å²) in [6.45, 7) is 1.95. The fourth-order valence-corrected chi connectivity index (χ4v) is 6.45. The molecule has 0 aromatic carbocycles. The Kier molecular flexibility index (Phi) is 10.6. The summed E-state index contributed by atoms with van der Waals surface area (Å²) in [4.78, 5) is 76.3. The van der Waals surface area contributed by atoms with Gasteiger partial charge in [-0.05, 0) is 55.6 Å². The van der Waals surface area contributed by atoms with Gasteiger partial charge in [-0.3, -0.25) is 33.8 Å². The minimum Gasteiger partial charge on any atom is -0.353 e. The third kappa shape index (κ3) is 7.80. The van der Waals surface area contributed by atoms with E-state index < -0.39 is 35.1 Å². The monoisotopic (exact) mass is 606 g/mol. The molecule has 0 spiro atoms. The lowest BCUT2D eigenvalue weighted by atomic mass is 9.64.